The van der Waals surface area contributed by atoms with Crippen LogP contribution in [-0.4, -0.2) is 24.6 Å². The summed E-state index contributed by atoms with van der Waals surface area (Å²) in [7, 11) is 0. The molecule has 1 aliphatic heterocycles. The van der Waals surface area contributed by atoms with E-state index in [0.29, 0.717) is 11.7 Å². The number of hydrogen-bond donors (Lipinski definition) is 3. The van der Waals surface area contributed by atoms with Gasteiger partial charge in [-0.2, -0.15) is 0 Å². The summed E-state index contributed by atoms with van der Waals surface area (Å²) in [5.41, 5.74) is 7.33. The Hall–Kier alpha value is -1.13. The third-order valence-corrected chi connectivity index (χ3v) is 2.21. The molecule has 0 aromatic carbocycles. The van der Waals surface area contributed by atoms with Gasteiger partial charge >= 0.3 is 0 Å². The maximum atomic E-state index is 5.56. The summed E-state index contributed by atoms with van der Waals surface area (Å²) in [6, 6.07) is 4.19. The molecule has 2 heterocycles. The van der Waals surface area contributed by atoms with Crippen LogP contribution in [0.25, 0.3) is 0 Å². The van der Waals surface area contributed by atoms with Crippen LogP contribution < -0.4 is 16.4 Å². The Kier molecular flexibility index (Phi) is 2.42. The van der Waals surface area contributed by atoms with Crippen molar-refractivity contribution in [3.63, 3.8) is 0 Å². The van der Waals surface area contributed by atoms with E-state index in [1.807, 2.05) is 12.1 Å². The highest BCUT2D eigenvalue weighted by atomic mass is 15.1. The molecular weight excluding hydrogens is 164 g/mol. The minimum atomic E-state index is 0.328. The Bertz CT molecular complexity index is 263. The molecule has 1 aliphatic rings. The second-order valence-corrected chi connectivity index (χ2v) is 3.23. The lowest BCUT2D eigenvalue weighted by Crippen LogP contribution is -2.42. The largest absolute Gasteiger partial charge is 0.397 e. The molecule has 0 saturated carbocycles. The molecule has 1 aromatic heterocycles. The number of anilines is 1. The van der Waals surface area contributed by atoms with E-state index in [1.54, 1.807) is 6.20 Å². The van der Waals surface area contributed by atoms with E-state index in [4.69, 9.17) is 5.73 Å². The zero-order chi connectivity index (χ0) is 9.10. The van der Waals surface area contributed by atoms with Crippen LogP contribution in [0, 0.1) is 0 Å². The Balaban J connectivity index is 2.10. The van der Waals surface area contributed by atoms with Gasteiger partial charge in [0.05, 0.1) is 23.6 Å². The number of pyridine rings is 1. The van der Waals surface area contributed by atoms with Gasteiger partial charge in [-0.25, -0.2) is 0 Å². The van der Waals surface area contributed by atoms with Crippen LogP contribution in [-0.2, 0) is 0 Å². The van der Waals surface area contributed by atoms with Crippen molar-refractivity contribution >= 4 is 5.69 Å². The lowest BCUT2D eigenvalue weighted by molar-refractivity contribution is 0.423. The highest BCUT2D eigenvalue weighted by Gasteiger charge is 2.14. The van der Waals surface area contributed by atoms with Gasteiger partial charge in [-0.3, -0.25) is 4.98 Å². The van der Waals surface area contributed by atoms with Crippen molar-refractivity contribution in [2.45, 2.75) is 6.04 Å². The number of rotatable bonds is 1. The number of hydrogen-bond acceptors (Lipinski definition) is 4. The smallest absolute Gasteiger partial charge is 0.0622 e. The second kappa shape index (κ2) is 3.72. The highest BCUT2D eigenvalue weighted by molar-refractivity contribution is 5.35. The maximum Gasteiger partial charge on any atom is 0.0622 e. The molecule has 2 rings (SSSR count). The second-order valence-electron chi connectivity index (χ2n) is 3.23. The van der Waals surface area contributed by atoms with Crippen molar-refractivity contribution in [1.82, 2.24) is 15.6 Å². The molecule has 1 aromatic rings. The summed E-state index contributed by atoms with van der Waals surface area (Å²) in [5, 5.41) is 6.70. The van der Waals surface area contributed by atoms with Gasteiger partial charge in [0.15, 0.2) is 0 Å². The van der Waals surface area contributed by atoms with Crippen LogP contribution in [0.4, 0.5) is 5.69 Å². The topological polar surface area (TPSA) is 63.0 Å². The number of nitrogens with one attached hydrogen (secondary N) is 2. The number of nitrogen functional groups attached to an aromatic ring is 1. The van der Waals surface area contributed by atoms with Crippen molar-refractivity contribution in [3.8, 4) is 0 Å². The quantitative estimate of drug-likeness (QED) is 0.562. The highest BCUT2D eigenvalue weighted by Crippen LogP contribution is 2.11. The molecular formula is C9H14N4. The van der Waals surface area contributed by atoms with Crippen LogP contribution >= 0.6 is 0 Å². The van der Waals surface area contributed by atoms with Crippen LogP contribution in [0.15, 0.2) is 18.3 Å². The van der Waals surface area contributed by atoms with Crippen LogP contribution in [0.1, 0.15) is 11.7 Å². The van der Waals surface area contributed by atoms with E-state index < -0.39 is 0 Å². The SMILES string of the molecule is Nc1ccc([C@@H]2CNCCN2)nc1. The van der Waals surface area contributed by atoms with Crippen molar-refractivity contribution in [2.24, 2.45) is 0 Å². The molecule has 4 nitrogen and oxygen atoms in total. The molecule has 70 valence electrons. The van der Waals surface area contributed by atoms with Crippen LogP contribution in [0.5, 0.6) is 0 Å². The van der Waals surface area contributed by atoms with Crippen LogP contribution in [0.3, 0.4) is 0 Å². The first kappa shape index (κ1) is 8.47. The monoisotopic (exact) mass is 178 g/mol. The fourth-order valence-electron chi connectivity index (χ4n) is 1.49. The molecule has 0 bridgehead atoms. The van der Waals surface area contributed by atoms with E-state index in [1.165, 1.54) is 0 Å². The molecule has 0 unspecified atom stereocenters. The molecule has 1 atom stereocenters. The third kappa shape index (κ3) is 1.96. The molecule has 1 saturated heterocycles. The summed E-state index contributed by atoms with van der Waals surface area (Å²) in [6.45, 7) is 2.97. The number of nitrogens with two attached hydrogens (primary N) is 1. The third-order valence-electron chi connectivity index (χ3n) is 2.21. The van der Waals surface area contributed by atoms with E-state index in [9.17, 15) is 0 Å². The van der Waals surface area contributed by atoms with Gasteiger partial charge in [-0.1, -0.05) is 0 Å². The summed E-state index contributed by atoms with van der Waals surface area (Å²) < 4.78 is 0. The zero-order valence-corrected chi connectivity index (χ0v) is 7.46. The van der Waals surface area contributed by atoms with E-state index in [-0.39, 0.29) is 0 Å². The first-order valence-electron chi connectivity index (χ1n) is 4.52. The Labute approximate surface area is 77.5 Å². The first-order valence-corrected chi connectivity index (χ1v) is 4.52. The Morgan fingerprint density at radius 2 is 2.31 bits per heavy atom. The van der Waals surface area contributed by atoms with Crippen molar-refractivity contribution in [3.05, 3.63) is 24.0 Å². The van der Waals surface area contributed by atoms with Gasteiger partial charge in [0.1, 0.15) is 0 Å². The molecule has 4 heteroatoms. The number of piperazine rings is 1. The lowest BCUT2D eigenvalue weighted by Gasteiger charge is -2.23. The fraction of sp³-hybridized carbons (Fsp3) is 0.444. The van der Waals surface area contributed by atoms with Crippen LogP contribution in [0.2, 0.25) is 0 Å². The molecule has 0 aliphatic carbocycles. The van der Waals surface area contributed by atoms with Gasteiger partial charge in [-0.15, -0.1) is 0 Å². The van der Waals surface area contributed by atoms with E-state index in [0.717, 1.165) is 25.3 Å². The minimum Gasteiger partial charge on any atom is -0.397 e. The predicted molar refractivity (Wildman–Crippen MR) is 52.3 cm³/mol. The van der Waals surface area contributed by atoms with Crippen molar-refractivity contribution in [2.75, 3.05) is 25.4 Å². The van der Waals surface area contributed by atoms with Gasteiger partial charge in [0, 0.05) is 19.6 Å². The van der Waals surface area contributed by atoms with Gasteiger partial charge in [0.25, 0.3) is 0 Å². The Morgan fingerprint density at radius 1 is 1.38 bits per heavy atom. The molecule has 0 spiro atoms. The molecule has 4 N–H and O–H groups in total. The molecule has 0 radical (unpaired) electrons. The number of aromatic nitrogens is 1. The Morgan fingerprint density at radius 3 is 2.92 bits per heavy atom. The number of nitrogens with zero attached hydrogens (tertiary/aromatic N) is 1. The predicted octanol–water partition coefficient (Wildman–Crippen LogP) is -0.102. The van der Waals surface area contributed by atoms with E-state index in [2.05, 4.69) is 15.6 Å². The normalized spacial score (nSPS) is 22.9. The van der Waals surface area contributed by atoms with Crippen molar-refractivity contribution in [1.29, 1.82) is 0 Å². The summed E-state index contributed by atoms with van der Waals surface area (Å²) in [5.74, 6) is 0. The fourth-order valence-corrected chi connectivity index (χ4v) is 1.49. The standard InChI is InChI=1S/C9H14N4/c10-7-1-2-8(13-5-7)9-6-11-3-4-12-9/h1-2,5,9,11-12H,3-4,6,10H2/t9-/m0/s1. The zero-order valence-electron chi connectivity index (χ0n) is 7.46. The summed E-state index contributed by atoms with van der Waals surface area (Å²) >= 11 is 0. The average molecular weight is 178 g/mol. The first-order chi connectivity index (χ1) is 6.36. The van der Waals surface area contributed by atoms with Crippen molar-refractivity contribution < 1.29 is 0 Å². The molecule has 1 fully saturated rings. The minimum absolute atomic E-state index is 0.328. The van der Waals surface area contributed by atoms with E-state index >= 15 is 0 Å². The molecule has 13 heavy (non-hydrogen) atoms. The van der Waals surface area contributed by atoms with Gasteiger partial charge < -0.3 is 16.4 Å². The van der Waals surface area contributed by atoms with Gasteiger partial charge in [-0.05, 0) is 12.1 Å². The summed E-state index contributed by atoms with van der Waals surface area (Å²) in [6.07, 6.45) is 1.70. The van der Waals surface area contributed by atoms with Gasteiger partial charge in [0.2, 0.25) is 0 Å². The lowest BCUT2D eigenvalue weighted by atomic mass is 10.1. The maximum absolute atomic E-state index is 5.56. The average Bonchev–Trinajstić information content (AvgIpc) is 2.20. The summed E-state index contributed by atoms with van der Waals surface area (Å²) in [4.78, 5) is 4.27. The molecule has 0 amide bonds.